The Morgan fingerprint density at radius 2 is 2.14 bits per heavy atom. The van der Waals surface area contributed by atoms with Crippen LogP contribution >= 0.6 is 15.9 Å². The first-order valence-corrected chi connectivity index (χ1v) is 7.56. The fourth-order valence-electron chi connectivity index (χ4n) is 1.91. The summed E-state index contributed by atoms with van der Waals surface area (Å²) in [6.45, 7) is 6.25. The largest absolute Gasteiger partial charge is 0.463 e. The van der Waals surface area contributed by atoms with Crippen molar-refractivity contribution in [1.29, 1.82) is 0 Å². The van der Waals surface area contributed by atoms with E-state index < -0.39 is 11.8 Å². The Labute approximate surface area is 132 Å². The van der Waals surface area contributed by atoms with Crippen LogP contribution in [0.2, 0.25) is 0 Å². The van der Waals surface area contributed by atoms with E-state index in [4.69, 9.17) is 0 Å². The van der Waals surface area contributed by atoms with Crippen molar-refractivity contribution in [3.63, 3.8) is 0 Å². The van der Waals surface area contributed by atoms with Gasteiger partial charge in [0.2, 0.25) is 0 Å². The molecule has 0 bridgehead atoms. The highest BCUT2D eigenvalue weighted by Crippen LogP contribution is 1.97. The lowest BCUT2D eigenvalue weighted by Gasteiger charge is -1.98. The number of carbonyl (C=O) groups is 2. The third-order valence-electron chi connectivity index (χ3n) is 2.83. The molecule has 112 valence electrons. The number of Topliss-reactive ketones (excluding diaryl/α,β-unsaturated/α-hetero) is 1. The second kappa shape index (κ2) is 8.42. The molecule has 0 atom stereocenters. The Morgan fingerprint density at radius 3 is 2.67 bits per heavy atom. The van der Waals surface area contributed by atoms with Crippen LogP contribution in [-0.2, 0) is 16.1 Å². The minimum atomic E-state index is -0.873. The number of methoxy groups -OCH3 is 1. The van der Waals surface area contributed by atoms with Gasteiger partial charge < -0.3 is 9.30 Å². The molecule has 1 heterocycles. The number of hydrogen-bond acceptors (Lipinski definition) is 3. The molecule has 0 unspecified atom stereocenters. The van der Waals surface area contributed by atoms with E-state index in [0.29, 0.717) is 17.3 Å². The van der Waals surface area contributed by atoms with Crippen molar-refractivity contribution in [1.82, 2.24) is 4.57 Å². The van der Waals surface area contributed by atoms with Gasteiger partial charge in [-0.15, -0.1) is 0 Å². The standard InChI is InChI=1S/C16H18BrNO3/c1-4-6-8-14-12(7-5-2)13(11-18(14)10-9-17)15(19)16(20)21-3/h4-8,11H,2,9-10H2,1,3H3/b6-4-,12-7-,14-8+. The normalized spacial score (nSPS) is 12.9. The Hall–Kier alpha value is -1.88. The van der Waals surface area contributed by atoms with E-state index in [1.54, 1.807) is 18.3 Å². The monoisotopic (exact) mass is 351 g/mol. The average molecular weight is 352 g/mol. The molecule has 0 spiro atoms. The van der Waals surface area contributed by atoms with Crippen LogP contribution in [-0.4, -0.2) is 28.8 Å². The molecular formula is C16H18BrNO3. The summed E-state index contributed by atoms with van der Waals surface area (Å²) < 4.78 is 6.44. The average Bonchev–Trinajstić information content (AvgIpc) is 2.82. The summed E-state index contributed by atoms with van der Waals surface area (Å²) in [7, 11) is 1.19. The molecule has 0 aliphatic carbocycles. The highest BCUT2D eigenvalue weighted by atomic mass is 79.9. The van der Waals surface area contributed by atoms with Crippen LogP contribution < -0.4 is 10.6 Å². The maximum atomic E-state index is 12.1. The predicted molar refractivity (Wildman–Crippen MR) is 87.8 cm³/mol. The summed E-state index contributed by atoms with van der Waals surface area (Å²) in [5.74, 6) is -1.53. The second-order valence-electron chi connectivity index (χ2n) is 4.14. The predicted octanol–water partition coefficient (Wildman–Crippen LogP) is 1.56. The molecule has 0 aliphatic heterocycles. The van der Waals surface area contributed by atoms with Crippen molar-refractivity contribution >= 4 is 39.8 Å². The molecule has 4 nitrogen and oxygen atoms in total. The highest BCUT2D eigenvalue weighted by Gasteiger charge is 2.20. The summed E-state index contributed by atoms with van der Waals surface area (Å²) in [6.07, 6.45) is 10.7. The smallest absolute Gasteiger partial charge is 0.379 e. The van der Waals surface area contributed by atoms with Crippen molar-refractivity contribution in [3.05, 3.63) is 47.1 Å². The van der Waals surface area contributed by atoms with Gasteiger partial charge in [-0.1, -0.05) is 46.8 Å². The summed E-state index contributed by atoms with van der Waals surface area (Å²) in [5.41, 5.74) is 0.318. The number of carbonyl (C=O) groups excluding carboxylic acids is 2. The number of aryl methyl sites for hydroxylation is 1. The van der Waals surface area contributed by atoms with Crippen molar-refractivity contribution in [3.8, 4) is 0 Å². The molecule has 1 aromatic heterocycles. The molecular weight excluding hydrogens is 334 g/mol. The van der Waals surface area contributed by atoms with E-state index in [2.05, 4.69) is 27.2 Å². The summed E-state index contributed by atoms with van der Waals surface area (Å²) in [4.78, 5) is 23.6. The van der Waals surface area contributed by atoms with Crippen molar-refractivity contribution in [2.75, 3.05) is 12.4 Å². The lowest BCUT2D eigenvalue weighted by atomic mass is 10.1. The molecule has 0 N–H and O–H groups in total. The Morgan fingerprint density at radius 1 is 1.43 bits per heavy atom. The third-order valence-corrected chi connectivity index (χ3v) is 3.19. The van der Waals surface area contributed by atoms with Gasteiger partial charge in [-0.3, -0.25) is 4.79 Å². The maximum absolute atomic E-state index is 12.1. The van der Waals surface area contributed by atoms with E-state index >= 15 is 0 Å². The first-order valence-electron chi connectivity index (χ1n) is 6.44. The van der Waals surface area contributed by atoms with Crippen LogP contribution in [0.3, 0.4) is 0 Å². The highest BCUT2D eigenvalue weighted by molar-refractivity contribution is 9.09. The lowest BCUT2D eigenvalue weighted by Crippen LogP contribution is -2.32. The van der Waals surface area contributed by atoms with E-state index in [-0.39, 0.29) is 0 Å². The van der Waals surface area contributed by atoms with Crippen LogP contribution in [0.25, 0.3) is 12.2 Å². The van der Waals surface area contributed by atoms with Crippen LogP contribution in [0, 0.1) is 0 Å². The Balaban J connectivity index is 3.67. The lowest BCUT2D eigenvalue weighted by molar-refractivity contribution is -0.135. The van der Waals surface area contributed by atoms with Gasteiger partial charge in [0.05, 0.1) is 12.7 Å². The first-order chi connectivity index (χ1) is 10.1. The van der Waals surface area contributed by atoms with E-state index in [0.717, 1.165) is 10.7 Å². The van der Waals surface area contributed by atoms with Gasteiger partial charge in [-0.2, -0.15) is 0 Å². The van der Waals surface area contributed by atoms with E-state index in [9.17, 15) is 9.59 Å². The number of ketones is 1. The van der Waals surface area contributed by atoms with Crippen LogP contribution in [0.15, 0.2) is 31.0 Å². The maximum Gasteiger partial charge on any atom is 0.379 e. The minimum absolute atomic E-state index is 0.318. The zero-order valence-electron chi connectivity index (χ0n) is 12.1. The molecule has 0 saturated carbocycles. The Kier molecular flexibility index (Phi) is 6.88. The first kappa shape index (κ1) is 17.2. The van der Waals surface area contributed by atoms with E-state index in [1.807, 2.05) is 29.7 Å². The fraction of sp³-hybridized carbons (Fsp3) is 0.250. The minimum Gasteiger partial charge on any atom is -0.463 e. The van der Waals surface area contributed by atoms with Crippen LogP contribution in [0.4, 0.5) is 0 Å². The number of alkyl halides is 1. The SMILES string of the molecule is C=C/C=c1/c(C(=O)C(=O)OC)cn(CCBr)/c1=C/C=C\C. The zero-order chi connectivity index (χ0) is 15.8. The van der Waals surface area contributed by atoms with Gasteiger partial charge in [-0.25, -0.2) is 4.79 Å². The Bertz CT molecular complexity index is 683. The van der Waals surface area contributed by atoms with Crippen LogP contribution in [0.5, 0.6) is 0 Å². The number of hydrogen-bond donors (Lipinski definition) is 0. The molecule has 0 amide bonds. The number of nitrogens with zero attached hydrogens (tertiary/aromatic N) is 1. The molecule has 1 aromatic rings. The molecule has 0 aliphatic rings. The number of ether oxygens (including phenoxy) is 1. The number of halogens is 1. The van der Waals surface area contributed by atoms with Gasteiger partial charge in [0.1, 0.15) is 0 Å². The van der Waals surface area contributed by atoms with E-state index in [1.165, 1.54) is 7.11 Å². The van der Waals surface area contributed by atoms with Gasteiger partial charge >= 0.3 is 5.97 Å². The molecule has 0 fully saturated rings. The van der Waals surface area contributed by atoms with Gasteiger partial charge in [-0.05, 0) is 13.0 Å². The number of rotatable bonds is 6. The molecule has 0 radical (unpaired) electrons. The van der Waals surface area contributed by atoms with Gasteiger partial charge in [0.25, 0.3) is 5.78 Å². The molecule has 0 aromatic carbocycles. The number of aromatic nitrogens is 1. The van der Waals surface area contributed by atoms with Crippen molar-refractivity contribution in [2.45, 2.75) is 13.5 Å². The molecule has 0 saturated heterocycles. The van der Waals surface area contributed by atoms with Gasteiger partial charge in [0.15, 0.2) is 0 Å². The topological polar surface area (TPSA) is 48.3 Å². The molecule has 1 rings (SSSR count). The number of esters is 1. The van der Waals surface area contributed by atoms with Gasteiger partial charge in [0, 0.05) is 28.6 Å². The van der Waals surface area contributed by atoms with Crippen molar-refractivity contribution < 1.29 is 14.3 Å². The summed E-state index contributed by atoms with van der Waals surface area (Å²) >= 11 is 3.38. The molecule has 5 heteroatoms. The number of allylic oxidation sites excluding steroid dienone is 3. The zero-order valence-corrected chi connectivity index (χ0v) is 13.7. The summed E-state index contributed by atoms with van der Waals surface area (Å²) in [5, 5.41) is 2.25. The molecule has 21 heavy (non-hydrogen) atoms. The second-order valence-corrected chi connectivity index (χ2v) is 4.93. The third kappa shape index (κ3) is 4.04. The fourth-order valence-corrected chi connectivity index (χ4v) is 2.30. The van der Waals surface area contributed by atoms with Crippen LogP contribution in [0.1, 0.15) is 17.3 Å². The quantitative estimate of drug-likeness (QED) is 0.338. The summed E-state index contributed by atoms with van der Waals surface area (Å²) in [6, 6.07) is 0. The van der Waals surface area contributed by atoms with Crippen molar-refractivity contribution in [2.24, 2.45) is 0 Å².